The molecule has 3 aliphatic rings. The van der Waals surface area contributed by atoms with Crippen molar-refractivity contribution >= 4 is 20.9 Å². The van der Waals surface area contributed by atoms with Gasteiger partial charge in [0, 0.05) is 0 Å². The van der Waals surface area contributed by atoms with Crippen LogP contribution in [-0.4, -0.2) is 44.5 Å². The maximum Gasteiger partial charge on any atom is 0.293 e. The molecule has 21 heavy (non-hydrogen) atoms. The Bertz CT molecular complexity index is 332. The van der Waals surface area contributed by atoms with E-state index in [0.717, 1.165) is 11.6 Å². The highest BCUT2D eigenvalue weighted by molar-refractivity contribution is 6.86. The predicted octanol–water partition coefficient (Wildman–Crippen LogP) is 3.22. The van der Waals surface area contributed by atoms with Gasteiger partial charge in [0.1, 0.15) is 0 Å². The fourth-order valence-corrected chi connectivity index (χ4v) is 5.18. The molecule has 3 fully saturated rings. The summed E-state index contributed by atoms with van der Waals surface area (Å²) in [6, 6.07) is 0. The first-order valence-corrected chi connectivity index (χ1v) is 9.38. The second-order valence-corrected chi connectivity index (χ2v) is 7.83. The van der Waals surface area contributed by atoms with E-state index in [0.29, 0.717) is 20.9 Å². The van der Waals surface area contributed by atoms with Gasteiger partial charge in [-0.05, 0) is 25.7 Å². The van der Waals surface area contributed by atoms with Crippen molar-refractivity contribution in [3.05, 3.63) is 0 Å². The maximum absolute atomic E-state index is 3.91. The zero-order chi connectivity index (χ0) is 14.8. The van der Waals surface area contributed by atoms with Crippen LogP contribution < -0.4 is 5.14 Å². The molecule has 1 saturated heterocycles. The molecule has 0 amide bonds. The van der Waals surface area contributed by atoms with Gasteiger partial charge in [0.25, 0.3) is 20.9 Å². The molecule has 2 aliphatic carbocycles. The van der Waals surface area contributed by atoms with Gasteiger partial charge in [-0.1, -0.05) is 71.0 Å². The highest BCUT2D eigenvalue weighted by atomic mass is 15.2. The van der Waals surface area contributed by atoms with E-state index in [-0.39, 0.29) is 0 Å². The molecule has 0 spiro atoms. The summed E-state index contributed by atoms with van der Waals surface area (Å²) in [5.41, 5.74) is 0. The third kappa shape index (κ3) is 3.38. The molecular weight excluding hydrogens is 255 g/mol. The minimum absolute atomic E-state index is 0.514. The molecule has 1 N–H and O–H groups in total. The normalized spacial score (nSPS) is 28.4. The summed E-state index contributed by atoms with van der Waals surface area (Å²) < 4.78 is 5.29. The first-order valence-electron chi connectivity index (χ1n) is 9.38. The molecule has 1 aliphatic heterocycles. The molecule has 3 rings (SSSR count). The van der Waals surface area contributed by atoms with E-state index in [1.54, 1.807) is 0 Å². The third-order valence-corrected chi connectivity index (χ3v) is 6.46. The van der Waals surface area contributed by atoms with Crippen LogP contribution in [0.25, 0.3) is 0 Å². The van der Waals surface area contributed by atoms with E-state index in [1.165, 1.54) is 64.2 Å². The summed E-state index contributed by atoms with van der Waals surface area (Å²) in [6.07, 6.45) is 14.4. The molecule has 0 unspecified atom stereocenters. The average molecular weight is 287 g/mol. The van der Waals surface area contributed by atoms with Crippen LogP contribution in [0.2, 0.25) is 18.5 Å². The third-order valence-electron chi connectivity index (χ3n) is 6.46. The van der Waals surface area contributed by atoms with Crippen molar-refractivity contribution in [3.8, 4) is 0 Å². The number of hydrogen-bond donors (Lipinski definition) is 1. The van der Waals surface area contributed by atoms with E-state index < -0.39 is 0 Å². The van der Waals surface area contributed by atoms with Crippen molar-refractivity contribution in [2.75, 3.05) is 14.1 Å². The maximum atomic E-state index is 3.91. The van der Waals surface area contributed by atoms with Crippen LogP contribution >= 0.6 is 0 Å². The van der Waals surface area contributed by atoms with Gasteiger partial charge in [0.05, 0.1) is 0 Å². The highest BCUT2D eigenvalue weighted by Gasteiger charge is 2.48. The summed E-state index contributed by atoms with van der Waals surface area (Å²) in [5.74, 6) is 1.75. The van der Waals surface area contributed by atoms with Gasteiger partial charge in [0.2, 0.25) is 0 Å². The largest absolute Gasteiger partial charge is 0.371 e. The van der Waals surface area contributed by atoms with Gasteiger partial charge < -0.3 is 14.6 Å². The van der Waals surface area contributed by atoms with E-state index in [2.05, 4.69) is 35.5 Å². The quantitative estimate of drug-likeness (QED) is 0.787. The predicted molar refractivity (Wildman–Crippen MR) is 95.5 cm³/mol. The first-order chi connectivity index (χ1) is 10.2. The molecule has 0 radical (unpaired) electrons. The van der Waals surface area contributed by atoms with Gasteiger partial charge in [-0.3, -0.25) is 0 Å². The first kappa shape index (κ1) is 16.0. The van der Waals surface area contributed by atoms with Crippen molar-refractivity contribution in [2.45, 2.75) is 82.7 Å². The summed E-state index contributed by atoms with van der Waals surface area (Å²) in [7, 11) is 4.71. The number of rotatable bonds is 2. The molecule has 2 saturated carbocycles. The van der Waals surface area contributed by atoms with Crippen LogP contribution in [0.4, 0.5) is 0 Å². The van der Waals surface area contributed by atoms with Crippen molar-refractivity contribution in [2.24, 2.45) is 0 Å². The van der Waals surface area contributed by atoms with Crippen molar-refractivity contribution in [1.29, 1.82) is 0 Å². The minimum atomic E-state index is 0.514. The Morgan fingerprint density at radius 3 is 1.86 bits per heavy atom. The fraction of sp³-hybridized carbons (Fsp3) is 1.00. The van der Waals surface area contributed by atoms with Crippen LogP contribution in [0.5, 0.6) is 0 Å². The molecule has 0 aromatic carbocycles. The van der Waals surface area contributed by atoms with Crippen LogP contribution in [0.15, 0.2) is 0 Å². The Kier molecular flexibility index (Phi) is 5.39. The van der Waals surface area contributed by atoms with E-state index in [1.807, 2.05) is 0 Å². The molecule has 0 aromatic heterocycles. The van der Waals surface area contributed by atoms with Crippen molar-refractivity contribution < 1.29 is 0 Å². The number of nitrogens with zero attached hydrogens (tertiary/aromatic N) is 2. The van der Waals surface area contributed by atoms with Crippen molar-refractivity contribution in [3.63, 3.8) is 0 Å². The summed E-state index contributed by atoms with van der Waals surface area (Å²) in [6.45, 7) is 4.12. The Balaban J connectivity index is 1.73. The SMILES string of the molecule is CB1NB(C2CCCCC2)N(C)B(C2CCCCC2)N1C. The van der Waals surface area contributed by atoms with Crippen LogP contribution in [0.3, 0.4) is 0 Å². The molecule has 3 nitrogen and oxygen atoms in total. The lowest BCUT2D eigenvalue weighted by Gasteiger charge is -2.51. The average Bonchev–Trinajstić information content (AvgIpc) is 2.53. The van der Waals surface area contributed by atoms with Crippen molar-refractivity contribution in [1.82, 2.24) is 14.6 Å². The van der Waals surface area contributed by atoms with Gasteiger partial charge >= 0.3 is 0 Å². The Hall–Kier alpha value is 0.0748. The molecule has 1 heterocycles. The Morgan fingerprint density at radius 2 is 1.29 bits per heavy atom. The highest BCUT2D eigenvalue weighted by Crippen LogP contribution is 2.38. The zero-order valence-electron chi connectivity index (χ0n) is 14.4. The monoisotopic (exact) mass is 287 g/mol. The summed E-state index contributed by atoms with van der Waals surface area (Å²) in [5, 5.41) is 3.91. The molecule has 0 bridgehead atoms. The fourth-order valence-electron chi connectivity index (χ4n) is 5.18. The lowest BCUT2D eigenvalue weighted by atomic mass is 9.37. The number of nitrogens with one attached hydrogen (secondary N) is 1. The second kappa shape index (κ2) is 7.10. The minimum Gasteiger partial charge on any atom is -0.371 e. The Labute approximate surface area is 133 Å². The van der Waals surface area contributed by atoms with E-state index in [9.17, 15) is 0 Å². The van der Waals surface area contributed by atoms with Crippen LogP contribution in [-0.2, 0) is 0 Å². The lowest BCUT2D eigenvalue weighted by molar-refractivity contribution is 0.443. The second-order valence-electron chi connectivity index (χ2n) is 7.83. The van der Waals surface area contributed by atoms with E-state index in [4.69, 9.17) is 0 Å². The molecule has 6 heteroatoms. The molecular formula is C15H32B3N3. The standard InChI is InChI=1S/C15H32B3N3/c1-16-19-17(14-10-6-4-7-11-14)21(3)18(20(16)2)15-12-8-5-9-13-15/h14-15,19H,4-13H2,1-3H3. The zero-order valence-corrected chi connectivity index (χ0v) is 14.4. The van der Waals surface area contributed by atoms with Gasteiger partial charge in [-0.2, -0.15) is 0 Å². The van der Waals surface area contributed by atoms with Gasteiger partial charge in [-0.25, -0.2) is 0 Å². The van der Waals surface area contributed by atoms with E-state index >= 15 is 0 Å². The molecule has 0 aromatic rings. The van der Waals surface area contributed by atoms with Gasteiger partial charge in [-0.15, -0.1) is 0 Å². The number of hydrogen-bond acceptors (Lipinski definition) is 3. The topological polar surface area (TPSA) is 18.5 Å². The summed E-state index contributed by atoms with van der Waals surface area (Å²) >= 11 is 0. The van der Waals surface area contributed by atoms with Crippen LogP contribution in [0, 0.1) is 0 Å². The molecule has 116 valence electrons. The van der Waals surface area contributed by atoms with Crippen LogP contribution in [0.1, 0.15) is 64.2 Å². The summed E-state index contributed by atoms with van der Waals surface area (Å²) in [4.78, 5) is 0. The molecule has 0 atom stereocenters. The Morgan fingerprint density at radius 1 is 0.762 bits per heavy atom. The smallest absolute Gasteiger partial charge is 0.293 e. The van der Waals surface area contributed by atoms with Gasteiger partial charge in [0.15, 0.2) is 0 Å². The lowest BCUT2D eigenvalue weighted by Crippen LogP contribution is -2.76.